The van der Waals surface area contributed by atoms with E-state index in [1.165, 1.54) is 24.3 Å². The summed E-state index contributed by atoms with van der Waals surface area (Å²) in [5.41, 5.74) is 0.651. The van der Waals surface area contributed by atoms with Crippen molar-refractivity contribution in [2.45, 2.75) is 17.4 Å². The van der Waals surface area contributed by atoms with Crippen molar-refractivity contribution in [1.82, 2.24) is 4.72 Å². The lowest BCUT2D eigenvalue weighted by atomic mass is 10.2. The van der Waals surface area contributed by atoms with Gasteiger partial charge in [-0.15, -0.1) is 0 Å². The van der Waals surface area contributed by atoms with E-state index in [-0.39, 0.29) is 11.3 Å². The van der Waals surface area contributed by atoms with Crippen LogP contribution in [0.1, 0.15) is 5.56 Å². The van der Waals surface area contributed by atoms with Gasteiger partial charge in [0.15, 0.2) is 0 Å². The zero-order valence-electron chi connectivity index (χ0n) is 9.78. The number of aliphatic hydroxyl groups excluding tert-OH is 1. The maximum Gasteiger partial charge on any atom is 0.324 e. The second kappa shape index (κ2) is 6.29. The van der Waals surface area contributed by atoms with Gasteiger partial charge in [-0.2, -0.15) is 9.98 Å². The number of nitrogens with one attached hydrogen (secondary N) is 1. The molecule has 0 heterocycles. The van der Waals surface area contributed by atoms with Crippen LogP contribution in [0.5, 0.6) is 0 Å². The maximum absolute atomic E-state index is 11.8. The minimum Gasteiger partial charge on any atom is -0.480 e. The van der Waals surface area contributed by atoms with Crippen LogP contribution in [0, 0.1) is 11.3 Å². The quantitative estimate of drug-likeness (QED) is 0.644. The lowest BCUT2D eigenvalue weighted by molar-refractivity contribution is -0.139. The molecule has 0 aliphatic heterocycles. The second-order valence-electron chi connectivity index (χ2n) is 3.67. The summed E-state index contributed by atoms with van der Waals surface area (Å²) in [5.74, 6) is -1.47. The topological polar surface area (TPSA) is 127 Å². The van der Waals surface area contributed by atoms with E-state index in [2.05, 4.69) is 0 Å². The molecule has 19 heavy (non-hydrogen) atoms. The lowest BCUT2D eigenvalue weighted by Crippen LogP contribution is -2.43. The van der Waals surface area contributed by atoms with Crippen LogP contribution < -0.4 is 4.72 Å². The Morgan fingerprint density at radius 1 is 1.37 bits per heavy atom. The smallest absolute Gasteiger partial charge is 0.324 e. The van der Waals surface area contributed by atoms with Crippen molar-refractivity contribution in [1.29, 1.82) is 5.26 Å². The van der Waals surface area contributed by atoms with Gasteiger partial charge in [0.05, 0.1) is 24.0 Å². The highest BCUT2D eigenvalue weighted by Crippen LogP contribution is 2.11. The molecule has 0 saturated carbocycles. The maximum atomic E-state index is 11.8. The fraction of sp³-hybridized carbons (Fsp3) is 0.273. The highest BCUT2D eigenvalue weighted by molar-refractivity contribution is 7.89. The second-order valence-corrected chi connectivity index (χ2v) is 5.39. The van der Waals surface area contributed by atoms with Gasteiger partial charge in [0.1, 0.15) is 6.04 Å². The standard InChI is InChI=1S/C11H12N2O5S/c12-6-5-8-1-3-9(4-2-8)19(17,18)13-10(7-14)11(15)16/h1-4,10,13-14H,5,7H2,(H,15,16). The molecule has 7 nitrogen and oxygen atoms in total. The van der Waals surface area contributed by atoms with Crippen LogP contribution in [0.25, 0.3) is 0 Å². The number of rotatable bonds is 6. The molecule has 0 bridgehead atoms. The van der Waals surface area contributed by atoms with Crippen molar-refractivity contribution in [3.63, 3.8) is 0 Å². The van der Waals surface area contributed by atoms with Gasteiger partial charge in [-0.05, 0) is 17.7 Å². The summed E-state index contributed by atoms with van der Waals surface area (Å²) in [6, 6.07) is 5.80. The third-order valence-electron chi connectivity index (χ3n) is 2.29. The molecule has 0 fully saturated rings. The molecule has 8 heteroatoms. The molecule has 1 rings (SSSR count). The Hall–Kier alpha value is -1.95. The SMILES string of the molecule is N#CCc1ccc(S(=O)(=O)NC(CO)C(=O)O)cc1. The molecule has 1 unspecified atom stereocenters. The average Bonchev–Trinajstić information content (AvgIpc) is 2.37. The molecule has 0 aliphatic carbocycles. The predicted octanol–water partition coefficient (Wildman–Crippen LogP) is -0.524. The highest BCUT2D eigenvalue weighted by atomic mass is 32.2. The number of carbonyl (C=O) groups is 1. The first-order valence-electron chi connectivity index (χ1n) is 5.22. The van der Waals surface area contributed by atoms with E-state index in [1.807, 2.05) is 10.8 Å². The third kappa shape index (κ3) is 4.03. The molecule has 102 valence electrons. The van der Waals surface area contributed by atoms with Gasteiger partial charge in [0.2, 0.25) is 10.0 Å². The predicted molar refractivity (Wildman–Crippen MR) is 64.6 cm³/mol. The van der Waals surface area contributed by atoms with Crippen molar-refractivity contribution in [2.24, 2.45) is 0 Å². The summed E-state index contributed by atoms with van der Waals surface area (Å²) < 4.78 is 25.5. The van der Waals surface area contributed by atoms with Gasteiger partial charge in [-0.3, -0.25) is 4.79 Å². The Labute approximate surface area is 110 Å². The Bertz CT molecular complexity index is 589. The number of aliphatic hydroxyl groups is 1. The van der Waals surface area contributed by atoms with Crippen molar-refractivity contribution >= 4 is 16.0 Å². The molecule has 0 amide bonds. The summed E-state index contributed by atoms with van der Waals surface area (Å²) in [7, 11) is -4.02. The number of carboxylic acids is 1. The number of nitriles is 1. The molecular weight excluding hydrogens is 272 g/mol. The Morgan fingerprint density at radius 2 is 1.95 bits per heavy atom. The minimum atomic E-state index is -4.02. The number of carboxylic acid groups (broad SMARTS) is 1. The molecule has 0 spiro atoms. The van der Waals surface area contributed by atoms with Crippen LogP contribution in [0.15, 0.2) is 29.2 Å². The highest BCUT2D eigenvalue weighted by Gasteiger charge is 2.24. The van der Waals surface area contributed by atoms with Crippen molar-refractivity contribution < 1.29 is 23.4 Å². The third-order valence-corrected chi connectivity index (χ3v) is 3.78. The van der Waals surface area contributed by atoms with Crippen LogP contribution in [0.4, 0.5) is 0 Å². The summed E-state index contributed by atoms with van der Waals surface area (Å²) in [6.07, 6.45) is 0.155. The van der Waals surface area contributed by atoms with E-state index in [1.54, 1.807) is 0 Å². The minimum absolute atomic E-state index is 0.131. The first kappa shape index (κ1) is 15.1. The lowest BCUT2D eigenvalue weighted by Gasteiger charge is -2.12. The zero-order valence-corrected chi connectivity index (χ0v) is 10.6. The van der Waals surface area contributed by atoms with Gasteiger partial charge in [-0.1, -0.05) is 12.1 Å². The number of aliphatic carboxylic acids is 1. The van der Waals surface area contributed by atoms with E-state index in [4.69, 9.17) is 15.5 Å². The van der Waals surface area contributed by atoms with Gasteiger partial charge in [-0.25, -0.2) is 8.42 Å². The van der Waals surface area contributed by atoms with E-state index >= 15 is 0 Å². The molecule has 0 radical (unpaired) electrons. The average molecular weight is 284 g/mol. The Kier molecular flexibility index (Phi) is 5.00. The molecule has 1 aromatic rings. The Morgan fingerprint density at radius 3 is 2.37 bits per heavy atom. The number of hydrogen-bond donors (Lipinski definition) is 3. The summed E-state index contributed by atoms with van der Waals surface area (Å²) in [6.45, 7) is -0.846. The molecule has 3 N–H and O–H groups in total. The van der Waals surface area contributed by atoms with E-state index in [9.17, 15) is 13.2 Å². The van der Waals surface area contributed by atoms with Gasteiger partial charge < -0.3 is 10.2 Å². The van der Waals surface area contributed by atoms with Gasteiger partial charge in [0, 0.05) is 0 Å². The molecular formula is C11H12N2O5S. The zero-order chi connectivity index (χ0) is 14.5. The summed E-state index contributed by atoms with van der Waals surface area (Å²) in [5, 5.41) is 25.9. The summed E-state index contributed by atoms with van der Waals surface area (Å²) in [4.78, 5) is 10.5. The fourth-order valence-electron chi connectivity index (χ4n) is 1.30. The Balaban J connectivity index is 2.94. The van der Waals surface area contributed by atoms with Crippen molar-refractivity contribution in [2.75, 3.05) is 6.61 Å². The van der Waals surface area contributed by atoms with Crippen molar-refractivity contribution in [3.05, 3.63) is 29.8 Å². The van der Waals surface area contributed by atoms with Crippen LogP contribution in [0.3, 0.4) is 0 Å². The first-order valence-corrected chi connectivity index (χ1v) is 6.71. The van der Waals surface area contributed by atoms with Crippen LogP contribution in [-0.4, -0.2) is 37.2 Å². The largest absolute Gasteiger partial charge is 0.480 e. The normalized spacial score (nSPS) is 12.6. The van der Waals surface area contributed by atoms with E-state index < -0.39 is 28.6 Å². The molecule has 0 aromatic heterocycles. The van der Waals surface area contributed by atoms with Crippen LogP contribution in [-0.2, 0) is 21.2 Å². The number of nitrogens with zero attached hydrogens (tertiary/aromatic N) is 1. The van der Waals surface area contributed by atoms with Crippen LogP contribution in [0.2, 0.25) is 0 Å². The first-order chi connectivity index (χ1) is 8.90. The molecule has 0 saturated heterocycles. The number of benzene rings is 1. The molecule has 1 aromatic carbocycles. The number of sulfonamides is 1. The summed E-state index contributed by atoms with van der Waals surface area (Å²) >= 11 is 0. The number of hydrogen-bond acceptors (Lipinski definition) is 5. The van der Waals surface area contributed by atoms with Crippen LogP contribution >= 0.6 is 0 Å². The monoisotopic (exact) mass is 284 g/mol. The fourth-order valence-corrected chi connectivity index (χ4v) is 2.48. The van der Waals surface area contributed by atoms with E-state index in [0.717, 1.165) is 0 Å². The van der Waals surface area contributed by atoms with Gasteiger partial charge >= 0.3 is 5.97 Å². The van der Waals surface area contributed by atoms with E-state index in [0.29, 0.717) is 5.56 Å². The molecule has 0 aliphatic rings. The molecule has 1 atom stereocenters. The van der Waals surface area contributed by atoms with Gasteiger partial charge in [0.25, 0.3) is 0 Å². The van der Waals surface area contributed by atoms with Crippen molar-refractivity contribution in [3.8, 4) is 6.07 Å².